The highest BCUT2D eigenvalue weighted by Crippen LogP contribution is 2.26. The van der Waals surface area contributed by atoms with Crippen LogP contribution in [-0.4, -0.2) is 42.2 Å². The first kappa shape index (κ1) is 18.0. The minimum absolute atomic E-state index is 0.220. The lowest BCUT2D eigenvalue weighted by molar-refractivity contribution is -0.0145. The highest BCUT2D eigenvalue weighted by molar-refractivity contribution is 5.70. The van der Waals surface area contributed by atoms with Crippen LogP contribution in [0.1, 0.15) is 18.2 Å². The Kier molecular flexibility index (Phi) is 5.01. The van der Waals surface area contributed by atoms with E-state index in [-0.39, 0.29) is 13.2 Å². The van der Waals surface area contributed by atoms with Crippen LogP contribution in [0.4, 0.5) is 11.6 Å². The molecule has 0 saturated heterocycles. The fourth-order valence-electron chi connectivity index (χ4n) is 2.66. The molecule has 2 heterocycles. The summed E-state index contributed by atoms with van der Waals surface area (Å²) < 4.78 is 1.63. The molecule has 3 rings (SSSR count). The average molecular weight is 353 g/mol. The number of aromatic nitrogens is 4. The number of hydrogen-bond donors (Lipinski definition) is 3. The van der Waals surface area contributed by atoms with Crippen LogP contribution in [-0.2, 0) is 6.54 Å². The summed E-state index contributed by atoms with van der Waals surface area (Å²) in [5.41, 5.74) is 3.59. The Balaban J connectivity index is 1.85. The number of nitrogens with zero attached hydrogens (tertiary/aromatic N) is 4. The van der Waals surface area contributed by atoms with Crippen LogP contribution < -0.4 is 5.32 Å². The molecule has 26 heavy (non-hydrogen) atoms. The van der Waals surface area contributed by atoms with Crippen molar-refractivity contribution >= 4 is 11.6 Å². The Hall–Kier alpha value is -2.77. The van der Waals surface area contributed by atoms with E-state index in [2.05, 4.69) is 26.4 Å². The molecule has 7 nitrogen and oxygen atoms in total. The molecule has 0 bridgehead atoms. The summed E-state index contributed by atoms with van der Waals surface area (Å²) in [6.45, 7) is 5.41. The van der Waals surface area contributed by atoms with E-state index < -0.39 is 5.60 Å². The molecular weight excluding hydrogens is 330 g/mol. The predicted molar refractivity (Wildman–Crippen MR) is 100 cm³/mol. The van der Waals surface area contributed by atoms with E-state index in [4.69, 9.17) is 0 Å². The summed E-state index contributed by atoms with van der Waals surface area (Å²) in [6, 6.07) is 7.94. The van der Waals surface area contributed by atoms with Crippen LogP contribution in [0.15, 0.2) is 42.9 Å². The highest BCUT2D eigenvalue weighted by atomic mass is 16.3. The lowest BCUT2D eigenvalue weighted by atomic mass is 10.1. The molecule has 0 aliphatic heterocycles. The molecule has 1 aromatic carbocycles. The standard InChI is InChI=1S/C19H23N5O2/c1-13-6-15(16-9-21-24(10-16)11-19(3,26)12-25)8-17(7-13)23-18-20-5-4-14(2)22-18/h4-10,25-26H,11-12H2,1-3H3,(H,20,22,23)/t19-/m1/s1. The molecule has 1 atom stereocenters. The van der Waals surface area contributed by atoms with E-state index in [1.54, 1.807) is 24.0 Å². The minimum Gasteiger partial charge on any atom is -0.393 e. The lowest BCUT2D eigenvalue weighted by Crippen LogP contribution is -2.34. The van der Waals surface area contributed by atoms with Gasteiger partial charge in [0.1, 0.15) is 5.60 Å². The highest BCUT2D eigenvalue weighted by Gasteiger charge is 2.20. The maximum Gasteiger partial charge on any atom is 0.227 e. The number of aliphatic hydroxyl groups is 2. The van der Waals surface area contributed by atoms with E-state index in [9.17, 15) is 10.2 Å². The van der Waals surface area contributed by atoms with Crippen LogP contribution in [0.5, 0.6) is 0 Å². The van der Waals surface area contributed by atoms with Crippen molar-refractivity contribution in [3.8, 4) is 11.1 Å². The summed E-state index contributed by atoms with van der Waals surface area (Å²) in [5, 5.41) is 26.7. The average Bonchev–Trinajstić information content (AvgIpc) is 3.02. The third kappa shape index (κ3) is 4.44. The largest absolute Gasteiger partial charge is 0.393 e. The molecule has 0 radical (unpaired) electrons. The molecule has 3 aromatic rings. The van der Waals surface area contributed by atoms with E-state index in [1.165, 1.54) is 0 Å². The molecule has 3 N–H and O–H groups in total. The van der Waals surface area contributed by atoms with Gasteiger partial charge in [-0.25, -0.2) is 9.97 Å². The van der Waals surface area contributed by atoms with Gasteiger partial charge in [0.2, 0.25) is 5.95 Å². The summed E-state index contributed by atoms with van der Waals surface area (Å²) in [6.07, 6.45) is 5.32. The molecule has 0 fully saturated rings. The quantitative estimate of drug-likeness (QED) is 0.630. The van der Waals surface area contributed by atoms with Crippen molar-refractivity contribution in [1.82, 2.24) is 19.7 Å². The van der Waals surface area contributed by atoms with Crippen molar-refractivity contribution < 1.29 is 10.2 Å². The zero-order valence-electron chi connectivity index (χ0n) is 15.1. The summed E-state index contributed by atoms with van der Waals surface area (Å²) >= 11 is 0. The number of nitrogens with one attached hydrogen (secondary N) is 1. The van der Waals surface area contributed by atoms with Crippen LogP contribution in [0.25, 0.3) is 11.1 Å². The van der Waals surface area contributed by atoms with Crippen molar-refractivity contribution in [2.24, 2.45) is 0 Å². The van der Waals surface area contributed by atoms with Gasteiger partial charge >= 0.3 is 0 Å². The third-order valence-corrected chi connectivity index (χ3v) is 3.94. The minimum atomic E-state index is -1.20. The number of aryl methyl sites for hydroxylation is 2. The van der Waals surface area contributed by atoms with E-state index in [0.29, 0.717) is 5.95 Å². The Morgan fingerprint density at radius 1 is 1.19 bits per heavy atom. The molecule has 0 unspecified atom stereocenters. The first-order valence-electron chi connectivity index (χ1n) is 8.39. The lowest BCUT2D eigenvalue weighted by Gasteiger charge is -2.19. The molecule has 0 amide bonds. The van der Waals surface area contributed by atoms with Gasteiger partial charge in [0.25, 0.3) is 0 Å². The van der Waals surface area contributed by atoms with E-state index in [1.807, 2.05) is 38.2 Å². The summed E-state index contributed by atoms with van der Waals surface area (Å²) in [5.74, 6) is 0.552. The van der Waals surface area contributed by atoms with Gasteiger partial charge in [-0.15, -0.1) is 0 Å². The van der Waals surface area contributed by atoms with Crippen LogP contribution in [0.2, 0.25) is 0 Å². The molecule has 7 heteroatoms. The van der Waals surface area contributed by atoms with Gasteiger partial charge in [-0.05, 0) is 50.1 Å². The van der Waals surface area contributed by atoms with Crippen molar-refractivity contribution in [3.05, 3.63) is 54.1 Å². The monoisotopic (exact) mass is 353 g/mol. The topological polar surface area (TPSA) is 96.1 Å². The van der Waals surface area contributed by atoms with Crippen LogP contribution in [0, 0.1) is 13.8 Å². The van der Waals surface area contributed by atoms with Gasteiger partial charge in [0.05, 0.1) is 19.3 Å². The zero-order chi connectivity index (χ0) is 18.7. The Morgan fingerprint density at radius 2 is 2.00 bits per heavy atom. The molecular formula is C19H23N5O2. The van der Waals surface area contributed by atoms with Gasteiger partial charge in [-0.2, -0.15) is 5.10 Å². The maximum absolute atomic E-state index is 10.00. The van der Waals surface area contributed by atoms with Crippen molar-refractivity contribution in [3.63, 3.8) is 0 Å². The summed E-state index contributed by atoms with van der Waals surface area (Å²) in [7, 11) is 0. The number of benzene rings is 1. The van der Waals surface area contributed by atoms with Crippen LogP contribution >= 0.6 is 0 Å². The first-order valence-corrected chi connectivity index (χ1v) is 8.39. The molecule has 136 valence electrons. The number of hydrogen-bond acceptors (Lipinski definition) is 6. The SMILES string of the molecule is Cc1cc(Nc2nccc(C)n2)cc(-c2cnn(C[C@@](C)(O)CO)c2)c1. The number of aliphatic hydroxyl groups excluding tert-OH is 1. The molecule has 0 aliphatic carbocycles. The third-order valence-electron chi connectivity index (χ3n) is 3.94. The normalized spacial score (nSPS) is 13.4. The van der Waals surface area contributed by atoms with Crippen molar-refractivity contribution in [2.75, 3.05) is 11.9 Å². The molecule has 0 spiro atoms. The second kappa shape index (κ2) is 7.23. The van der Waals surface area contributed by atoms with Gasteiger partial charge in [0, 0.05) is 29.3 Å². The number of rotatable bonds is 6. The second-order valence-electron chi connectivity index (χ2n) is 6.82. The van der Waals surface area contributed by atoms with Crippen molar-refractivity contribution in [1.29, 1.82) is 0 Å². The Bertz CT molecular complexity index is 904. The number of anilines is 2. The van der Waals surface area contributed by atoms with Crippen molar-refractivity contribution in [2.45, 2.75) is 32.9 Å². The maximum atomic E-state index is 10.00. The molecule has 2 aromatic heterocycles. The van der Waals surface area contributed by atoms with Gasteiger partial charge in [0.15, 0.2) is 0 Å². The molecule has 0 saturated carbocycles. The smallest absolute Gasteiger partial charge is 0.227 e. The molecule has 0 aliphatic rings. The first-order chi connectivity index (χ1) is 12.3. The van der Waals surface area contributed by atoms with Gasteiger partial charge in [-0.3, -0.25) is 4.68 Å². The van der Waals surface area contributed by atoms with Crippen LogP contribution in [0.3, 0.4) is 0 Å². The van der Waals surface area contributed by atoms with Gasteiger partial charge in [-0.1, -0.05) is 6.07 Å². The second-order valence-corrected chi connectivity index (χ2v) is 6.82. The van der Waals surface area contributed by atoms with Gasteiger partial charge < -0.3 is 15.5 Å². The van der Waals surface area contributed by atoms with E-state index >= 15 is 0 Å². The predicted octanol–water partition coefficient (Wildman–Crippen LogP) is 2.44. The Morgan fingerprint density at radius 3 is 2.73 bits per heavy atom. The Labute approximate surface area is 152 Å². The fourth-order valence-corrected chi connectivity index (χ4v) is 2.66. The summed E-state index contributed by atoms with van der Waals surface area (Å²) in [4.78, 5) is 8.59. The zero-order valence-corrected chi connectivity index (χ0v) is 15.1. The fraction of sp³-hybridized carbons (Fsp3) is 0.316. The van der Waals surface area contributed by atoms with E-state index in [0.717, 1.165) is 28.1 Å².